The average molecular weight is 436 g/mol. The lowest BCUT2D eigenvalue weighted by Crippen LogP contribution is -2.22. The molecule has 1 aliphatic heterocycles. The van der Waals surface area contributed by atoms with Crippen molar-refractivity contribution >= 4 is 5.82 Å². The molecule has 11 heteroatoms. The number of hydrogen-bond donors (Lipinski definition) is 1. The summed E-state index contributed by atoms with van der Waals surface area (Å²) < 4.78 is 64.8. The third-order valence-corrected chi connectivity index (χ3v) is 4.47. The summed E-state index contributed by atoms with van der Waals surface area (Å²) in [6.07, 6.45) is -3.71. The van der Waals surface area contributed by atoms with Crippen LogP contribution in [0, 0.1) is 5.82 Å². The summed E-state index contributed by atoms with van der Waals surface area (Å²) in [5.74, 6) is -0.558. The van der Waals surface area contributed by atoms with E-state index in [9.17, 15) is 22.4 Å². The van der Waals surface area contributed by atoms with Gasteiger partial charge in [-0.05, 0) is 30.7 Å². The Bertz CT molecular complexity index is 1180. The maximum Gasteiger partial charge on any atom is 0.433 e. The standard InChI is InChI=1S/C20H16F4N4O3/c1-11-9-28-17(26-11)8-18(27-19(28)29)30-10-12-2-3-15(14(21)6-12)31-13-4-5-25-16(7-13)20(22,23)24/h2-8,11,26H,9-10H2,1H3. The largest absolute Gasteiger partial charge is 0.473 e. The van der Waals surface area contributed by atoms with E-state index in [4.69, 9.17) is 9.47 Å². The number of nitrogens with one attached hydrogen (secondary N) is 1. The van der Waals surface area contributed by atoms with E-state index in [1.807, 2.05) is 6.92 Å². The van der Waals surface area contributed by atoms with Gasteiger partial charge in [0.05, 0.1) is 0 Å². The summed E-state index contributed by atoms with van der Waals surface area (Å²) in [4.78, 5) is 19.1. The molecule has 0 aliphatic carbocycles. The second kappa shape index (κ2) is 7.89. The fourth-order valence-corrected chi connectivity index (χ4v) is 3.06. The van der Waals surface area contributed by atoms with Gasteiger partial charge in [0.25, 0.3) is 0 Å². The van der Waals surface area contributed by atoms with Crippen LogP contribution in [0.2, 0.25) is 0 Å². The number of pyridine rings is 1. The van der Waals surface area contributed by atoms with Crippen molar-refractivity contribution < 1.29 is 27.0 Å². The first kappa shape index (κ1) is 20.6. The van der Waals surface area contributed by atoms with Crippen LogP contribution in [0.1, 0.15) is 18.2 Å². The van der Waals surface area contributed by atoms with Gasteiger partial charge in [0.2, 0.25) is 5.88 Å². The van der Waals surface area contributed by atoms with E-state index < -0.39 is 23.4 Å². The van der Waals surface area contributed by atoms with Crippen molar-refractivity contribution in [1.82, 2.24) is 14.5 Å². The van der Waals surface area contributed by atoms with Crippen LogP contribution in [-0.4, -0.2) is 20.6 Å². The predicted octanol–water partition coefficient (Wildman–Crippen LogP) is 3.98. The van der Waals surface area contributed by atoms with Crippen molar-refractivity contribution in [2.24, 2.45) is 0 Å². The molecule has 162 valence electrons. The van der Waals surface area contributed by atoms with Crippen LogP contribution in [-0.2, 0) is 19.3 Å². The molecule has 7 nitrogen and oxygen atoms in total. The number of nitrogens with zero attached hydrogens (tertiary/aromatic N) is 3. The van der Waals surface area contributed by atoms with Crippen molar-refractivity contribution in [3.8, 4) is 17.4 Å². The lowest BCUT2D eigenvalue weighted by atomic mass is 10.2. The van der Waals surface area contributed by atoms with E-state index in [1.165, 1.54) is 22.8 Å². The van der Waals surface area contributed by atoms with E-state index in [2.05, 4.69) is 15.3 Å². The molecule has 3 aromatic rings. The zero-order chi connectivity index (χ0) is 22.2. The zero-order valence-electron chi connectivity index (χ0n) is 16.1. The number of rotatable bonds is 5. The summed E-state index contributed by atoms with van der Waals surface area (Å²) in [6.45, 7) is 2.36. The SMILES string of the molecule is CC1Cn2c(cc(OCc3ccc(Oc4ccnc(C(F)(F)F)c4)c(F)c3)nc2=O)N1. The van der Waals surface area contributed by atoms with Crippen LogP contribution in [0.25, 0.3) is 0 Å². The summed E-state index contributed by atoms with van der Waals surface area (Å²) >= 11 is 0. The minimum atomic E-state index is -4.64. The van der Waals surface area contributed by atoms with Gasteiger partial charge in [-0.2, -0.15) is 18.2 Å². The number of benzene rings is 1. The van der Waals surface area contributed by atoms with Gasteiger partial charge in [-0.3, -0.25) is 9.55 Å². The van der Waals surface area contributed by atoms with Crippen LogP contribution in [0.3, 0.4) is 0 Å². The summed E-state index contributed by atoms with van der Waals surface area (Å²) in [7, 11) is 0. The van der Waals surface area contributed by atoms with Crippen molar-refractivity contribution in [2.75, 3.05) is 5.32 Å². The van der Waals surface area contributed by atoms with Crippen molar-refractivity contribution in [1.29, 1.82) is 0 Å². The van der Waals surface area contributed by atoms with Gasteiger partial charge in [0, 0.05) is 30.9 Å². The molecule has 1 aliphatic rings. The van der Waals surface area contributed by atoms with Crippen LogP contribution in [0.4, 0.5) is 23.4 Å². The molecular formula is C20H16F4N4O3. The molecule has 1 unspecified atom stereocenters. The molecule has 0 fully saturated rings. The molecule has 1 N–H and O–H groups in total. The van der Waals surface area contributed by atoms with E-state index in [-0.39, 0.29) is 30.0 Å². The maximum absolute atomic E-state index is 14.4. The fourth-order valence-electron chi connectivity index (χ4n) is 3.06. The Morgan fingerprint density at radius 3 is 2.77 bits per heavy atom. The summed E-state index contributed by atoms with van der Waals surface area (Å²) in [5, 5.41) is 3.12. The van der Waals surface area contributed by atoms with Crippen molar-refractivity contribution in [3.63, 3.8) is 0 Å². The van der Waals surface area contributed by atoms with Gasteiger partial charge < -0.3 is 14.8 Å². The molecule has 0 bridgehead atoms. The van der Waals surface area contributed by atoms with Gasteiger partial charge in [-0.15, -0.1) is 0 Å². The molecule has 0 spiro atoms. The van der Waals surface area contributed by atoms with Crippen LogP contribution >= 0.6 is 0 Å². The first-order valence-electron chi connectivity index (χ1n) is 9.20. The molecule has 4 rings (SSSR count). The molecule has 31 heavy (non-hydrogen) atoms. The Hall–Kier alpha value is -3.63. The smallest absolute Gasteiger partial charge is 0.433 e. The number of aromatic nitrogens is 3. The summed E-state index contributed by atoms with van der Waals surface area (Å²) in [5.41, 5.74) is -1.17. The third kappa shape index (κ3) is 4.60. The topological polar surface area (TPSA) is 78.3 Å². The van der Waals surface area contributed by atoms with Gasteiger partial charge in [0.15, 0.2) is 11.6 Å². The highest BCUT2D eigenvalue weighted by Crippen LogP contribution is 2.32. The molecule has 0 radical (unpaired) electrons. The zero-order valence-corrected chi connectivity index (χ0v) is 16.1. The Labute approximate surface area is 173 Å². The lowest BCUT2D eigenvalue weighted by Gasteiger charge is -2.11. The molecule has 1 atom stereocenters. The van der Waals surface area contributed by atoms with Gasteiger partial charge in [0.1, 0.15) is 23.9 Å². The lowest BCUT2D eigenvalue weighted by molar-refractivity contribution is -0.141. The monoisotopic (exact) mass is 436 g/mol. The molecule has 0 saturated heterocycles. The van der Waals surface area contributed by atoms with Crippen LogP contribution < -0.4 is 20.5 Å². The molecule has 2 aromatic heterocycles. The number of alkyl halides is 3. The van der Waals surface area contributed by atoms with Crippen LogP contribution in [0.15, 0.2) is 47.4 Å². The molecule has 0 saturated carbocycles. The molecule has 0 amide bonds. The minimum Gasteiger partial charge on any atom is -0.473 e. The number of halogens is 4. The Balaban J connectivity index is 1.45. The number of fused-ring (bicyclic) bond motifs is 1. The first-order chi connectivity index (χ1) is 14.7. The molecular weight excluding hydrogens is 420 g/mol. The van der Waals surface area contributed by atoms with Gasteiger partial charge in [-0.25, -0.2) is 9.18 Å². The quantitative estimate of drug-likeness (QED) is 0.610. The number of hydrogen-bond acceptors (Lipinski definition) is 6. The van der Waals surface area contributed by atoms with Gasteiger partial charge in [-0.1, -0.05) is 6.07 Å². The van der Waals surface area contributed by atoms with E-state index in [1.54, 1.807) is 6.07 Å². The van der Waals surface area contributed by atoms with Gasteiger partial charge >= 0.3 is 11.9 Å². The predicted molar refractivity (Wildman–Crippen MR) is 102 cm³/mol. The normalized spacial score (nSPS) is 15.3. The summed E-state index contributed by atoms with van der Waals surface area (Å²) in [6, 6.07) is 7.45. The average Bonchev–Trinajstić information content (AvgIpc) is 3.09. The Morgan fingerprint density at radius 2 is 2.03 bits per heavy atom. The Morgan fingerprint density at radius 1 is 1.23 bits per heavy atom. The van der Waals surface area contributed by atoms with E-state index >= 15 is 0 Å². The van der Waals surface area contributed by atoms with E-state index in [0.29, 0.717) is 24.0 Å². The van der Waals surface area contributed by atoms with Crippen LogP contribution in [0.5, 0.6) is 17.4 Å². The second-order valence-corrected chi connectivity index (χ2v) is 6.95. The minimum absolute atomic E-state index is 0.0733. The van der Waals surface area contributed by atoms with Crippen molar-refractivity contribution in [2.45, 2.75) is 32.3 Å². The first-order valence-corrected chi connectivity index (χ1v) is 9.20. The highest BCUT2D eigenvalue weighted by molar-refractivity contribution is 5.43. The molecule has 3 heterocycles. The number of ether oxygens (including phenoxy) is 2. The fraction of sp³-hybridized carbons (Fsp3) is 0.250. The number of anilines is 1. The molecule has 1 aromatic carbocycles. The second-order valence-electron chi connectivity index (χ2n) is 6.95. The maximum atomic E-state index is 14.4. The Kier molecular flexibility index (Phi) is 5.25. The highest BCUT2D eigenvalue weighted by atomic mass is 19.4. The van der Waals surface area contributed by atoms with E-state index in [0.717, 1.165) is 12.3 Å². The van der Waals surface area contributed by atoms with Crippen molar-refractivity contribution in [3.05, 3.63) is 70.2 Å². The third-order valence-electron chi connectivity index (χ3n) is 4.47. The highest BCUT2D eigenvalue weighted by Gasteiger charge is 2.32.